The monoisotopic (exact) mass is 404 g/mol. The number of nitrogens with one attached hydrogen (secondary N) is 2. The summed E-state index contributed by atoms with van der Waals surface area (Å²) < 4.78 is 22.9. The average molecular weight is 405 g/mol. The van der Waals surface area contributed by atoms with Crippen molar-refractivity contribution < 1.29 is 9.13 Å². The first-order valence-electron chi connectivity index (χ1n) is 8.27. The van der Waals surface area contributed by atoms with E-state index in [0.29, 0.717) is 23.3 Å². The molecule has 8 heteroatoms. The van der Waals surface area contributed by atoms with Crippen molar-refractivity contribution >= 4 is 45.7 Å². The van der Waals surface area contributed by atoms with Crippen LogP contribution < -0.4 is 15.4 Å². The summed E-state index contributed by atoms with van der Waals surface area (Å²) in [5.74, 6) is 0.952. The van der Waals surface area contributed by atoms with E-state index in [-0.39, 0.29) is 5.02 Å². The maximum absolute atomic E-state index is 13.2. The first kappa shape index (κ1) is 19.1. The van der Waals surface area contributed by atoms with Gasteiger partial charge >= 0.3 is 0 Å². The van der Waals surface area contributed by atoms with Crippen molar-refractivity contribution in [1.82, 2.24) is 9.36 Å². The molecule has 0 aliphatic carbocycles. The fourth-order valence-electron chi connectivity index (χ4n) is 2.30. The average Bonchev–Trinajstić information content (AvgIpc) is 3.07. The molecule has 27 heavy (non-hydrogen) atoms. The third-order valence-corrected chi connectivity index (χ3v) is 4.40. The fraction of sp³-hybridized carbons (Fsp3) is 0.158. The predicted octanol–water partition coefficient (Wildman–Crippen LogP) is 5.95. The van der Waals surface area contributed by atoms with Crippen molar-refractivity contribution in [3.8, 4) is 5.75 Å². The second-order valence-electron chi connectivity index (χ2n) is 5.62. The van der Waals surface area contributed by atoms with Gasteiger partial charge in [-0.25, -0.2) is 4.39 Å². The van der Waals surface area contributed by atoms with E-state index in [2.05, 4.69) is 20.0 Å². The lowest BCUT2D eigenvalue weighted by molar-refractivity contribution is 0.340. The quantitative estimate of drug-likeness (QED) is 0.509. The molecule has 0 aliphatic heterocycles. The van der Waals surface area contributed by atoms with Gasteiger partial charge in [-0.15, -0.1) is 0 Å². The van der Waals surface area contributed by atoms with Crippen molar-refractivity contribution in [2.45, 2.75) is 13.8 Å². The van der Waals surface area contributed by atoms with E-state index in [1.165, 1.54) is 23.7 Å². The summed E-state index contributed by atoms with van der Waals surface area (Å²) in [7, 11) is 0. The molecular formula is C19H18ClFN4OS. The third kappa shape index (κ3) is 5.42. The van der Waals surface area contributed by atoms with Gasteiger partial charge in [-0.1, -0.05) is 11.6 Å². The predicted molar refractivity (Wildman–Crippen MR) is 109 cm³/mol. The summed E-state index contributed by atoms with van der Waals surface area (Å²) in [6, 6.07) is 12.1. The van der Waals surface area contributed by atoms with Gasteiger partial charge in [0.2, 0.25) is 5.13 Å². The standard InChI is InChI=1S/C19H18ClFN4OS/c1-3-26-15-7-4-13(5-8-15)22-12(2)10-18-24-19(27-25-18)23-14-6-9-17(21)16(20)11-14/h4-11,22H,3H2,1-2H3,(H,23,24,25). The summed E-state index contributed by atoms with van der Waals surface area (Å²) in [6.07, 6.45) is 1.84. The molecule has 0 saturated heterocycles. The van der Waals surface area contributed by atoms with Crippen molar-refractivity contribution in [1.29, 1.82) is 0 Å². The van der Waals surface area contributed by atoms with E-state index in [1.54, 1.807) is 6.07 Å². The molecule has 0 fully saturated rings. The van der Waals surface area contributed by atoms with Crippen LogP contribution in [0, 0.1) is 5.82 Å². The van der Waals surface area contributed by atoms with E-state index in [1.807, 2.05) is 44.2 Å². The van der Waals surface area contributed by atoms with Gasteiger partial charge in [0, 0.05) is 34.7 Å². The first-order valence-corrected chi connectivity index (χ1v) is 9.42. The molecule has 0 spiro atoms. The third-order valence-electron chi connectivity index (χ3n) is 3.47. The lowest BCUT2D eigenvalue weighted by atomic mass is 10.3. The molecule has 0 amide bonds. The van der Waals surface area contributed by atoms with E-state index in [9.17, 15) is 4.39 Å². The number of halogens is 2. The highest BCUT2D eigenvalue weighted by Crippen LogP contribution is 2.24. The number of aromatic nitrogens is 2. The van der Waals surface area contributed by atoms with Gasteiger partial charge in [0.05, 0.1) is 11.6 Å². The summed E-state index contributed by atoms with van der Waals surface area (Å²) in [5, 5.41) is 7.00. The van der Waals surface area contributed by atoms with Gasteiger partial charge in [-0.3, -0.25) is 0 Å². The van der Waals surface area contributed by atoms with E-state index < -0.39 is 5.82 Å². The number of nitrogens with zero attached hydrogens (tertiary/aromatic N) is 2. The summed E-state index contributed by atoms with van der Waals surface area (Å²) >= 11 is 7.00. The molecule has 0 unspecified atom stereocenters. The lowest BCUT2D eigenvalue weighted by Crippen LogP contribution is -1.97. The second kappa shape index (κ2) is 8.83. The molecule has 5 nitrogen and oxygen atoms in total. The molecule has 3 rings (SSSR count). The Morgan fingerprint density at radius 1 is 1.22 bits per heavy atom. The van der Waals surface area contributed by atoms with Crippen LogP contribution in [0.4, 0.5) is 20.9 Å². The Morgan fingerprint density at radius 2 is 1.96 bits per heavy atom. The maximum atomic E-state index is 13.2. The van der Waals surface area contributed by atoms with Crippen molar-refractivity contribution in [2.24, 2.45) is 0 Å². The lowest BCUT2D eigenvalue weighted by Gasteiger charge is -2.07. The minimum Gasteiger partial charge on any atom is -0.494 e. The van der Waals surface area contributed by atoms with Crippen molar-refractivity contribution in [3.05, 3.63) is 64.8 Å². The van der Waals surface area contributed by atoms with Gasteiger partial charge in [0.25, 0.3) is 0 Å². The molecule has 0 aliphatic rings. The molecular weight excluding hydrogens is 387 g/mol. The van der Waals surface area contributed by atoms with Crippen LogP contribution in [-0.2, 0) is 0 Å². The summed E-state index contributed by atoms with van der Waals surface area (Å²) in [4.78, 5) is 4.40. The van der Waals surface area contributed by atoms with Crippen LogP contribution in [-0.4, -0.2) is 16.0 Å². The largest absolute Gasteiger partial charge is 0.494 e. The Morgan fingerprint density at radius 3 is 2.67 bits per heavy atom. The molecule has 2 N–H and O–H groups in total. The van der Waals surface area contributed by atoms with Gasteiger partial charge in [0.15, 0.2) is 5.82 Å². The van der Waals surface area contributed by atoms with Crippen LogP contribution >= 0.6 is 23.1 Å². The zero-order chi connectivity index (χ0) is 19.2. The zero-order valence-corrected chi connectivity index (χ0v) is 16.4. The Labute approximate surface area is 166 Å². The second-order valence-corrected chi connectivity index (χ2v) is 6.78. The highest BCUT2D eigenvalue weighted by molar-refractivity contribution is 7.09. The van der Waals surface area contributed by atoms with Crippen LogP contribution in [0.3, 0.4) is 0 Å². The van der Waals surface area contributed by atoms with Crippen LogP contribution in [0.1, 0.15) is 19.7 Å². The highest BCUT2D eigenvalue weighted by Gasteiger charge is 2.06. The van der Waals surface area contributed by atoms with Crippen molar-refractivity contribution in [3.63, 3.8) is 0 Å². The molecule has 0 bridgehead atoms. The molecule has 0 radical (unpaired) electrons. The van der Waals surface area contributed by atoms with Crippen molar-refractivity contribution in [2.75, 3.05) is 17.2 Å². The molecule has 1 aromatic heterocycles. The number of ether oxygens (including phenoxy) is 1. The molecule has 0 atom stereocenters. The Bertz CT molecular complexity index is 943. The highest BCUT2D eigenvalue weighted by atomic mass is 35.5. The normalized spacial score (nSPS) is 11.3. The minimum atomic E-state index is -0.459. The van der Waals surface area contributed by atoms with Crippen LogP contribution in [0.5, 0.6) is 5.75 Å². The molecule has 1 heterocycles. The summed E-state index contributed by atoms with van der Waals surface area (Å²) in [6.45, 7) is 4.53. The zero-order valence-electron chi connectivity index (χ0n) is 14.8. The Hall–Kier alpha value is -2.64. The van der Waals surface area contributed by atoms with Gasteiger partial charge < -0.3 is 15.4 Å². The maximum Gasteiger partial charge on any atom is 0.207 e. The number of hydrogen-bond donors (Lipinski definition) is 2. The molecule has 3 aromatic rings. The molecule has 2 aromatic carbocycles. The number of allylic oxidation sites excluding steroid dienone is 1. The fourth-order valence-corrected chi connectivity index (χ4v) is 3.05. The Kier molecular flexibility index (Phi) is 6.26. The molecule has 0 saturated carbocycles. The van der Waals surface area contributed by atoms with Gasteiger partial charge in [-0.2, -0.15) is 9.36 Å². The number of benzene rings is 2. The SMILES string of the molecule is CCOc1ccc(NC(C)=Cc2nsc(Nc3ccc(F)c(Cl)c3)n2)cc1. The minimum absolute atomic E-state index is 0.0556. The van der Waals surface area contributed by atoms with Crippen LogP contribution in [0.2, 0.25) is 5.02 Å². The smallest absolute Gasteiger partial charge is 0.207 e. The number of anilines is 3. The first-order chi connectivity index (χ1) is 13.0. The van der Waals surface area contributed by atoms with E-state index in [0.717, 1.165) is 17.1 Å². The van der Waals surface area contributed by atoms with Crippen LogP contribution in [0.15, 0.2) is 48.2 Å². The topological polar surface area (TPSA) is 59.1 Å². The number of hydrogen-bond acceptors (Lipinski definition) is 6. The van der Waals surface area contributed by atoms with E-state index in [4.69, 9.17) is 16.3 Å². The van der Waals surface area contributed by atoms with Crippen LogP contribution in [0.25, 0.3) is 6.08 Å². The number of rotatable bonds is 7. The van der Waals surface area contributed by atoms with E-state index >= 15 is 0 Å². The van der Waals surface area contributed by atoms with Gasteiger partial charge in [-0.05, 0) is 56.3 Å². The Balaban J connectivity index is 1.63. The molecule has 140 valence electrons. The summed E-state index contributed by atoms with van der Waals surface area (Å²) in [5.41, 5.74) is 2.49. The van der Waals surface area contributed by atoms with Gasteiger partial charge in [0.1, 0.15) is 11.6 Å².